The highest BCUT2D eigenvalue weighted by atomic mass is 32.2. The molecule has 16 heteroatoms. The van der Waals surface area contributed by atoms with Gasteiger partial charge in [0.2, 0.25) is 5.60 Å². The highest BCUT2D eigenvalue weighted by molar-refractivity contribution is 8.00. The van der Waals surface area contributed by atoms with Gasteiger partial charge in [-0.3, -0.25) is 14.5 Å². The van der Waals surface area contributed by atoms with Crippen LogP contribution in [0.1, 0.15) is 19.5 Å². The molecule has 0 saturated carbocycles. The van der Waals surface area contributed by atoms with Crippen LogP contribution in [0.5, 0.6) is 0 Å². The number of fused-ring (bicyclic) bond motifs is 1. The number of aliphatic carboxylic acids is 2. The van der Waals surface area contributed by atoms with Gasteiger partial charge in [-0.25, -0.2) is 19.1 Å². The van der Waals surface area contributed by atoms with Crippen molar-refractivity contribution in [1.29, 1.82) is 0 Å². The van der Waals surface area contributed by atoms with Crippen molar-refractivity contribution in [2.75, 3.05) is 11.5 Å². The summed E-state index contributed by atoms with van der Waals surface area (Å²) in [5, 5.41) is 26.3. The van der Waals surface area contributed by atoms with Crippen LogP contribution in [-0.2, 0) is 30.6 Å². The number of carbonyl (C=O) groups excluding carboxylic acids is 2. The zero-order valence-electron chi connectivity index (χ0n) is 19.5. The molecule has 2 aliphatic heterocycles. The second kappa shape index (κ2) is 10.1. The maximum atomic E-state index is 13.1. The summed E-state index contributed by atoms with van der Waals surface area (Å²) >= 11 is 2.33. The van der Waals surface area contributed by atoms with E-state index in [1.165, 1.54) is 31.0 Å². The van der Waals surface area contributed by atoms with Crippen molar-refractivity contribution >= 4 is 57.7 Å². The molecule has 14 nitrogen and oxygen atoms in total. The number of hydrogen-bond acceptors (Lipinski definition) is 11. The van der Waals surface area contributed by atoms with Crippen LogP contribution in [0, 0.1) is 0 Å². The lowest BCUT2D eigenvalue weighted by Crippen LogP contribution is -2.71. The number of nitrogens with two attached hydrogens (primary N) is 1. The number of hydrogen-bond donors (Lipinski definition) is 4. The van der Waals surface area contributed by atoms with Crippen LogP contribution in [0.15, 0.2) is 46.6 Å². The van der Waals surface area contributed by atoms with Crippen molar-refractivity contribution in [3.63, 3.8) is 0 Å². The van der Waals surface area contributed by atoms with Gasteiger partial charge in [0.25, 0.3) is 18.1 Å². The van der Waals surface area contributed by atoms with Crippen LogP contribution >= 0.6 is 23.1 Å². The minimum absolute atomic E-state index is 0.0306. The molecule has 0 radical (unpaired) electrons. The Labute approximate surface area is 217 Å². The predicted molar refractivity (Wildman–Crippen MR) is 130 cm³/mol. The van der Waals surface area contributed by atoms with Gasteiger partial charge in [-0.2, -0.15) is 0 Å². The lowest BCUT2D eigenvalue weighted by atomic mass is 10.0. The Kier molecular flexibility index (Phi) is 7.13. The molecule has 0 aromatic carbocycles. The van der Waals surface area contributed by atoms with E-state index in [-0.39, 0.29) is 28.8 Å². The quantitative estimate of drug-likeness (QED) is 0.135. The summed E-state index contributed by atoms with van der Waals surface area (Å²) in [6.45, 7) is 2.72. The van der Waals surface area contributed by atoms with Gasteiger partial charge in [0.05, 0.1) is 6.20 Å². The number of aromatic nitrogens is 3. The van der Waals surface area contributed by atoms with Crippen molar-refractivity contribution in [3.05, 3.63) is 47.1 Å². The molecule has 2 atom stereocenters. The van der Waals surface area contributed by atoms with Crippen molar-refractivity contribution in [3.8, 4) is 0 Å². The van der Waals surface area contributed by atoms with Gasteiger partial charge in [0.1, 0.15) is 35.5 Å². The van der Waals surface area contributed by atoms with Gasteiger partial charge in [0.15, 0.2) is 10.8 Å². The second-order valence-corrected chi connectivity index (χ2v) is 10.5. The maximum Gasteiger partial charge on any atom is 0.352 e. The van der Waals surface area contributed by atoms with E-state index in [0.717, 1.165) is 16.2 Å². The average Bonchev–Trinajstić information content (AvgIpc) is 3.28. The molecule has 2 amide bonds. The monoisotopic (exact) mass is 548 g/mol. The zero-order chi connectivity index (χ0) is 26.9. The molecule has 2 aromatic rings. The number of thiazole rings is 1. The van der Waals surface area contributed by atoms with E-state index in [1.807, 2.05) is 0 Å². The second-order valence-electron chi connectivity index (χ2n) is 8.46. The van der Waals surface area contributed by atoms with Gasteiger partial charge in [0, 0.05) is 22.8 Å². The largest absolute Gasteiger partial charge is 0.478 e. The number of nitrogens with one attached hydrogen (secondary N) is 1. The van der Waals surface area contributed by atoms with E-state index >= 15 is 0 Å². The number of nitrogens with zero attached hydrogens (tertiary/aromatic N) is 5. The van der Waals surface area contributed by atoms with Crippen molar-refractivity contribution < 1.29 is 38.8 Å². The summed E-state index contributed by atoms with van der Waals surface area (Å²) in [6, 6.07) is 0.657. The summed E-state index contributed by atoms with van der Waals surface area (Å²) in [4.78, 5) is 63.8. The van der Waals surface area contributed by atoms with E-state index < -0.39 is 40.8 Å². The van der Waals surface area contributed by atoms with E-state index in [9.17, 15) is 29.4 Å². The van der Waals surface area contributed by atoms with Gasteiger partial charge in [-0.05, 0) is 13.8 Å². The first-order valence-electron chi connectivity index (χ1n) is 10.7. The van der Waals surface area contributed by atoms with Gasteiger partial charge < -0.3 is 26.1 Å². The van der Waals surface area contributed by atoms with Gasteiger partial charge in [-0.15, -0.1) is 23.1 Å². The molecule has 4 heterocycles. The first kappa shape index (κ1) is 26.0. The molecule has 1 unspecified atom stereocenters. The van der Waals surface area contributed by atoms with Crippen LogP contribution in [-0.4, -0.2) is 77.3 Å². The number of anilines is 1. The number of oxime groups is 1. The standard InChI is InChI=1S/C21H21N7O7S2/c1-21(2,19(33)34)35-26-12(11-8-37-20(22)24-11)15(29)25-13-16(30)28-14(18(31)32)10(7-36-17(13)28)6-27-5-3-4-23-9-27/h3-5,8-9,13,17H,6-7H2,1-2H3,(H4-,22,24,25,29,31,32,33,34)/p+1/b26-12-/t13-,17?/m1/s1. The molecule has 1 fully saturated rings. The third-order valence-electron chi connectivity index (χ3n) is 5.43. The Hall–Kier alpha value is -4.05. The molecular formula is C21H22N7O7S2+. The SMILES string of the molecule is CC(C)(O/N=C(\C(=O)N[C@@H]1C(=O)N2C(C(=O)O)=C(C[n+]3cccnc3)CSC12)c1csc(N)n1)C(=O)O. The predicted octanol–water partition coefficient (Wildman–Crippen LogP) is -0.569. The molecule has 2 aromatic heterocycles. The highest BCUT2D eigenvalue weighted by Gasteiger charge is 2.54. The van der Waals surface area contributed by atoms with Crippen molar-refractivity contribution in [2.24, 2.45) is 5.16 Å². The summed E-state index contributed by atoms with van der Waals surface area (Å²) in [5.41, 5.74) is 3.95. The molecule has 4 rings (SSSR count). The first-order valence-corrected chi connectivity index (χ1v) is 12.6. The molecule has 2 aliphatic rings. The Morgan fingerprint density at radius 1 is 1.38 bits per heavy atom. The van der Waals surface area contributed by atoms with Crippen LogP contribution in [0.3, 0.4) is 0 Å². The molecule has 0 aliphatic carbocycles. The molecule has 0 spiro atoms. The van der Waals surface area contributed by atoms with Gasteiger partial charge in [-0.1, -0.05) is 10.1 Å². The number of β-lactam (4-membered cyclic amide) rings is 1. The topological polar surface area (TPSA) is 201 Å². The Morgan fingerprint density at radius 2 is 2.14 bits per heavy atom. The fourth-order valence-corrected chi connectivity index (χ4v) is 5.37. The smallest absolute Gasteiger partial charge is 0.352 e. The summed E-state index contributed by atoms with van der Waals surface area (Å²) < 4.78 is 1.70. The summed E-state index contributed by atoms with van der Waals surface area (Å²) in [5.74, 6) is -3.73. The van der Waals surface area contributed by atoms with E-state index in [4.69, 9.17) is 10.6 Å². The lowest BCUT2D eigenvalue weighted by molar-refractivity contribution is -0.692. The maximum absolute atomic E-state index is 13.1. The fourth-order valence-electron chi connectivity index (χ4n) is 3.49. The molecule has 37 heavy (non-hydrogen) atoms. The lowest BCUT2D eigenvalue weighted by Gasteiger charge is -2.49. The number of carboxylic acid groups (broad SMARTS) is 2. The molecule has 194 valence electrons. The minimum atomic E-state index is -1.75. The van der Waals surface area contributed by atoms with E-state index in [2.05, 4.69) is 20.4 Å². The van der Waals surface area contributed by atoms with Gasteiger partial charge >= 0.3 is 11.9 Å². The third-order valence-corrected chi connectivity index (χ3v) is 7.45. The molecule has 5 N–H and O–H groups in total. The number of carbonyl (C=O) groups is 4. The first-order chi connectivity index (χ1) is 17.5. The van der Waals surface area contributed by atoms with Crippen LogP contribution in [0.2, 0.25) is 0 Å². The van der Waals surface area contributed by atoms with Crippen molar-refractivity contribution in [1.82, 2.24) is 20.2 Å². The van der Waals surface area contributed by atoms with Crippen LogP contribution in [0.4, 0.5) is 5.13 Å². The fraction of sp³-hybridized carbons (Fsp3) is 0.333. The number of nitrogen functional groups attached to an aromatic ring is 1. The number of carboxylic acids is 2. The normalized spacial score (nSPS) is 19.7. The average molecular weight is 549 g/mol. The molecule has 0 bridgehead atoms. The van der Waals surface area contributed by atoms with Crippen molar-refractivity contribution in [2.45, 2.75) is 37.4 Å². The summed E-state index contributed by atoms with van der Waals surface area (Å²) in [7, 11) is 0. The molecular weight excluding hydrogens is 526 g/mol. The van der Waals surface area contributed by atoms with Crippen LogP contribution < -0.4 is 15.6 Å². The molecule has 1 saturated heterocycles. The summed E-state index contributed by atoms with van der Waals surface area (Å²) in [6.07, 6.45) is 4.87. The number of rotatable bonds is 9. The van der Waals surface area contributed by atoms with E-state index in [1.54, 1.807) is 29.4 Å². The number of thioether (sulfide) groups is 1. The Bertz CT molecular complexity index is 1330. The minimum Gasteiger partial charge on any atom is -0.478 e. The van der Waals surface area contributed by atoms with E-state index in [0.29, 0.717) is 11.3 Å². The third kappa shape index (κ3) is 5.24. The highest BCUT2D eigenvalue weighted by Crippen LogP contribution is 2.40. The zero-order valence-corrected chi connectivity index (χ0v) is 21.2. The van der Waals surface area contributed by atoms with Crippen LogP contribution in [0.25, 0.3) is 0 Å². The number of amides is 2. The Balaban J connectivity index is 1.55. The Morgan fingerprint density at radius 3 is 2.73 bits per heavy atom.